The maximum absolute atomic E-state index is 12.9. The molecule has 1 aromatic rings. The van der Waals surface area contributed by atoms with Crippen LogP contribution in [0.1, 0.15) is 26.3 Å². The Kier molecular flexibility index (Phi) is 5.46. The Morgan fingerprint density at radius 1 is 1.38 bits per heavy atom. The molecule has 1 amide bonds. The number of alkyl halides is 3. The van der Waals surface area contributed by atoms with Gasteiger partial charge in [0.15, 0.2) is 0 Å². The summed E-state index contributed by atoms with van der Waals surface area (Å²) in [7, 11) is 0. The Morgan fingerprint density at radius 2 is 2.00 bits per heavy atom. The molecule has 1 rings (SSSR count). The van der Waals surface area contributed by atoms with Crippen LogP contribution in [0.3, 0.4) is 0 Å². The molecule has 0 bridgehead atoms. The summed E-state index contributed by atoms with van der Waals surface area (Å²) in [4.78, 5) is 13.3. The first kappa shape index (κ1) is 17.1. The van der Waals surface area contributed by atoms with E-state index in [9.17, 15) is 18.0 Å². The molecule has 0 aliphatic rings. The lowest BCUT2D eigenvalue weighted by Crippen LogP contribution is -2.40. The van der Waals surface area contributed by atoms with Gasteiger partial charge in [0, 0.05) is 24.0 Å². The van der Waals surface area contributed by atoms with Crippen LogP contribution < -0.4 is 16.0 Å². The number of likely N-dealkylation sites (N-methyl/N-ethyl adjacent to an activating group) is 1. The number of hydrogen-bond acceptors (Lipinski definition) is 3. The third-order valence-corrected chi connectivity index (χ3v) is 2.87. The molecule has 118 valence electrons. The summed E-state index contributed by atoms with van der Waals surface area (Å²) < 4.78 is 38.6. The van der Waals surface area contributed by atoms with Crippen molar-refractivity contribution in [1.82, 2.24) is 5.32 Å². The minimum absolute atomic E-state index is 0.00407. The minimum Gasteiger partial charge on any atom is -0.398 e. The maximum Gasteiger partial charge on any atom is 0.418 e. The largest absolute Gasteiger partial charge is 0.418 e. The molecule has 0 aliphatic heterocycles. The zero-order valence-corrected chi connectivity index (χ0v) is 12.3. The molecule has 0 aromatic heterocycles. The third-order valence-electron chi connectivity index (χ3n) is 2.87. The molecule has 0 spiro atoms. The van der Waals surface area contributed by atoms with Crippen molar-refractivity contribution in [2.45, 2.75) is 33.0 Å². The summed E-state index contributed by atoms with van der Waals surface area (Å²) in [6, 6.07) is 3.65. The maximum atomic E-state index is 12.9. The fourth-order valence-corrected chi connectivity index (χ4v) is 1.91. The first-order chi connectivity index (χ1) is 9.65. The fraction of sp³-hybridized carbons (Fsp3) is 0.500. The molecule has 4 nitrogen and oxygen atoms in total. The molecule has 0 heterocycles. The van der Waals surface area contributed by atoms with Gasteiger partial charge in [-0.2, -0.15) is 13.2 Å². The standard InChI is InChI=1S/C14H20F3N3O/c1-4-20(8-13(21)19-9(2)3)10-5-6-12(18)11(7-10)14(15,16)17/h5-7,9H,4,8,18H2,1-3H3,(H,19,21). The van der Waals surface area contributed by atoms with Crippen LogP contribution in [-0.4, -0.2) is 25.0 Å². The molecule has 7 heteroatoms. The monoisotopic (exact) mass is 303 g/mol. The van der Waals surface area contributed by atoms with Gasteiger partial charge in [0.2, 0.25) is 5.91 Å². The molecule has 1 aromatic carbocycles. The third kappa shape index (κ3) is 4.84. The van der Waals surface area contributed by atoms with Crippen LogP contribution in [-0.2, 0) is 11.0 Å². The minimum atomic E-state index is -4.51. The van der Waals surface area contributed by atoms with Gasteiger partial charge in [-0.25, -0.2) is 0 Å². The van der Waals surface area contributed by atoms with Crippen LogP contribution in [0.15, 0.2) is 18.2 Å². The second-order valence-corrected chi connectivity index (χ2v) is 5.01. The van der Waals surface area contributed by atoms with Crippen molar-refractivity contribution in [3.05, 3.63) is 23.8 Å². The van der Waals surface area contributed by atoms with Crippen LogP contribution in [0, 0.1) is 0 Å². The SMILES string of the molecule is CCN(CC(=O)NC(C)C)c1ccc(N)c(C(F)(F)F)c1. The molecule has 0 saturated carbocycles. The number of amides is 1. The lowest BCUT2D eigenvalue weighted by Gasteiger charge is -2.24. The van der Waals surface area contributed by atoms with Gasteiger partial charge in [-0.15, -0.1) is 0 Å². The van der Waals surface area contributed by atoms with Gasteiger partial charge in [0.25, 0.3) is 0 Å². The number of anilines is 2. The number of nitrogen functional groups attached to an aromatic ring is 1. The van der Waals surface area contributed by atoms with Crippen LogP contribution in [0.25, 0.3) is 0 Å². The first-order valence-corrected chi connectivity index (χ1v) is 6.66. The number of halogens is 3. The molecule has 3 N–H and O–H groups in total. The number of nitrogens with two attached hydrogens (primary N) is 1. The highest BCUT2D eigenvalue weighted by Crippen LogP contribution is 2.35. The van der Waals surface area contributed by atoms with Crippen LogP contribution in [0.2, 0.25) is 0 Å². The first-order valence-electron chi connectivity index (χ1n) is 6.66. The van der Waals surface area contributed by atoms with E-state index in [4.69, 9.17) is 5.73 Å². The van der Waals surface area contributed by atoms with Gasteiger partial charge >= 0.3 is 6.18 Å². The molecule has 0 radical (unpaired) electrons. The van der Waals surface area contributed by atoms with Gasteiger partial charge in [0.1, 0.15) is 0 Å². The van der Waals surface area contributed by atoms with Crippen molar-refractivity contribution in [1.29, 1.82) is 0 Å². The molecule has 0 fully saturated rings. The average molecular weight is 303 g/mol. The van der Waals surface area contributed by atoms with Crippen LogP contribution in [0.5, 0.6) is 0 Å². The highest BCUT2D eigenvalue weighted by atomic mass is 19.4. The quantitative estimate of drug-likeness (QED) is 0.822. The smallest absolute Gasteiger partial charge is 0.398 e. The van der Waals surface area contributed by atoms with E-state index in [0.717, 1.165) is 6.07 Å². The van der Waals surface area contributed by atoms with Crippen molar-refractivity contribution < 1.29 is 18.0 Å². The Balaban J connectivity index is 2.99. The second kappa shape index (κ2) is 6.69. The molecule has 0 atom stereocenters. The van der Waals surface area contributed by atoms with Gasteiger partial charge in [-0.3, -0.25) is 4.79 Å². The number of benzene rings is 1. The van der Waals surface area contributed by atoms with E-state index in [0.29, 0.717) is 12.2 Å². The molecule has 21 heavy (non-hydrogen) atoms. The van der Waals surface area contributed by atoms with Crippen molar-refractivity contribution in [2.24, 2.45) is 0 Å². The zero-order valence-electron chi connectivity index (χ0n) is 12.3. The van der Waals surface area contributed by atoms with E-state index in [-0.39, 0.29) is 24.2 Å². The van der Waals surface area contributed by atoms with Crippen molar-refractivity contribution in [3.8, 4) is 0 Å². The summed E-state index contributed by atoms with van der Waals surface area (Å²) >= 11 is 0. The average Bonchev–Trinajstić information content (AvgIpc) is 2.34. The highest BCUT2D eigenvalue weighted by Gasteiger charge is 2.33. The van der Waals surface area contributed by atoms with Crippen molar-refractivity contribution in [3.63, 3.8) is 0 Å². The summed E-state index contributed by atoms with van der Waals surface area (Å²) in [6.45, 7) is 5.81. The number of carbonyl (C=O) groups is 1. The van der Waals surface area contributed by atoms with Crippen LogP contribution >= 0.6 is 0 Å². The Hall–Kier alpha value is -1.92. The molecule has 0 saturated heterocycles. The number of hydrogen-bond donors (Lipinski definition) is 2. The lowest BCUT2D eigenvalue weighted by atomic mass is 10.1. The Labute approximate surface area is 122 Å². The van der Waals surface area contributed by atoms with E-state index < -0.39 is 11.7 Å². The Morgan fingerprint density at radius 3 is 2.48 bits per heavy atom. The number of nitrogens with one attached hydrogen (secondary N) is 1. The highest BCUT2D eigenvalue weighted by molar-refractivity contribution is 5.81. The lowest BCUT2D eigenvalue weighted by molar-refractivity contribution is -0.136. The van der Waals surface area contributed by atoms with Gasteiger partial charge in [-0.05, 0) is 39.0 Å². The van der Waals surface area contributed by atoms with E-state index >= 15 is 0 Å². The molecule has 0 aliphatic carbocycles. The predicted octanol–water partition coefficient (Wildman–Crippen LogP) is 2.64. The molecular weight excluding hydrogens is 283 g/mol. The van der Waals surface area contributed by atoms with E-state index in [1.54, 1.807) is 11.8 Å². The van der Waals surface area contributed by atoms with Crippen molar-refractivity contribution in [2.75, 3.05) is 23.7 Å². The molecular formula is C14H20F3N3O. The fourth-order valence-electron chi connectivity index (χ4n) is 1.91. The van der Waals surface area contributed by atoms with Crippen molar-refractivity contribution >= 4 is 17.3 Å². The van der Waals surface area contributed by atoms with E-state index in [1.165, 1.54) is 12.1 Å². The summed E-state index contributed by atoms with van der Waals surface area (Å²) in [5, 5.41) is 2.71. The predicted molar refractivity (Wildman–Crippen MR) is 77.0 cm³/mol. The van der Waals surface area contributed by atoms with Gasteiger partial charge < -0.3 is 16.0 Å². The summed E-state index contributed by atoms with van der Waals surface area (Å²) in [6.07, 6.45) is -4.51. The summed E-state index contributed by atoms with van der Waals surface area (Å²) in [5.74, 6) is -0.239. The van der Waals surface area contributed by atoms with E-state index in [1.807, 2.05) is 13.8 Å². The zero-order chi connectivity index (χ0) is 16.2. The second-order valence-electron chi connectivity index (χ2n) is 5.01. The number of nitrogens with zero attached hydrogens (tertiary/aromatic N) is 1. The van der Waals surface area contributed by atoms with Crippen LogP contribution in [0.4, 0.5) is 24.5 Å². The molecule has 0 unspecified atom stereocenters. The Bertz CT molecular complexity index is 501. The number of rotatable bonds is 5. The van der Waals surface area contributed by atoms with E-state index in [2.05, 4.69) is 5.32 Å². The normalized spacial score (nSPS) is 11.6. The van der Waals surface area contributed by atoms with Gasteiger partial charge in [-0.1, -0.05) is 0 Å². The summed E-state index contributed by atoms with van der Waals surface area (Å²) in [5.41, 5.74) is 4.47. The number of carbonyl (C=O) groups excluding carboxylic acids is 1. The topological polar surface area (TPSA) is 58.4 Å². The van der Waals surface area contributed by atoms with Gasteiger partial charge in [0.05, 0.1) is 12.1 Å².